The second-order valence-electron chi connectivity index (χ2n) is 6.39. The van der Waals surface area contributed by atoms with Gasteiger partial charge in [0.25, 0.3) is 0 Å². The molecule has 1 aromatic carbocycles. The van der Waals surface area contributed by atoms with Gasteiger partial charge in [0, 0.05) is 6.54 Å². The Morgan fingerprint density at radius 3 is 2.96 bits per heavy atom. The lowest BCUT2D eigenvalue weighted by atomic mass is 10.2. The zero-order valence-corrected chi connectivity index (χ0v) is 16.4. The first kappa shape index (κ1) is 16.3. The van der Waals surface area contributed by atoms with Gasteiger partial charge >= 0.3 is 0 Å². The largest absolute Gasteiger partial charge is 0.277 e. The molecule has 0 radical (unpaired) electrons. The van der Waals surface area contributed by atoms with Crippen molar-refractivity contribution in [1.82, 2.24) is 24.6 Å². The predicted octanol–water partition coefficient (Wildman–Crippen LogP) is 5.07. The molecular formula is C18H17N5S3. The first-order valence-electron chi connectivity index (χ1n) is 8.58. The third kappa shape index (κ3) is 2.92. The van der Waals surface area contributed by atoms with Crippen molar-refractivity contribution in [3.63, 3.8) is 0 Å². The van der Waals surface area contributed by atoms with E-state index in [1.807, 2.05) is 16.8 Å². The maximum atomic E-state index is 5.47. The van der Waals surface area contributed by atoms with E-state index in [9.17, 15) is 0 Å². The number of nitrogens with zero attached hydrogens (tertiary/aromatic N) is 4. The number of aromatic amines is 1. The quantitative estimate of drug-likeness (QED) is 0.487. The Balaban J connectivity index is 1.42. The molecule has 1 fully saturated rings. The van der Waals surface area contributed by atoms with Gasteiger partial charge in [0.1, 0.15) is 5.01 Å². The molecule has 3 aromatic heterocycles. The van der Waals surface area contributed by atoms with Gasteiger partial charge in [-0.05, 0) is 48.6 Å². The first-order valence-corrected chi connectivity index (χ1v) is 10.7. The summed E-state index contributed by atoms with van der Waals surface area (Å²) in [6, 6.07) is 12.8. The molecule has 0 saturated carbocycles. The van der Waals surface area contributed by atoms with E-state index in [2.05, 4.69) is 44.6 Å². The summed E-state index contributed by atoms with van der Waals surface area (Å²) in [6.07, 6.45) is 2.32. The van der Waals surface area contributed by atoms with Crippen LogP contribution in [0.5, 0.6) is 0 Å². The van der Waals surface area contributed by atoms with Crippen molar-refractivity contribution < 1.29 is 0 Å². The lowest BCUT2D eigenvalue weighted by molar-refractivity contribution is 0.190. The molecule has 1 saturated heterocycles. The van der Waals surface area contributed by atoms with E-state index in [1.54, 1.807) is 22.7 Å². The molecule has 5 nitrogen and oxygen atoms in total. The molecule has 1 aliphatic rings. The van der Waals surface area contributed by atoms with Crippen molar-refractivity contribution in [2.24, 2.45) is 0 Å². The van der Waals surface area contributed by atoms with Gasteiger partial charge in [0.15, 0.2) is 5.82 Å². The van der Waals surface area contributed by atoms with E-state index in [-0.39, 0.29) is 0 Å². The monoisotopic (exact) mass is 399 g/mol. The number of rotatable bonds is 4. The number of thiophene rings is 1. The van der Waals surface area contributed by atoms with Crippen molar-refractivity contribution in [2.75, 3.05) is 6.54 Å². The fourth-order valence-electron chi connectivity index (χ4n) is 3.47. The van der Waals surface area contributed by atoms with Gasteiger partial charge in [-0.15, -0.1) is 22.7 Å². The van der Waals surface area contributed by atoms with Crippen LogP contribution in [0.3, 0.4) is 0 Å². The van der Waals surface area contributed by atoms with Crippen LogP contribution in [0.1, 0.15) is 23.9 Å². The fraction of sp³-hybridized carbons (Fsp3) is 0.278. The highest BCUT2D eigenvalue weighted by molar-refractivity contribution is 7.71. The van der Waals surface area contributed by atoms with Gasteiger partial charge in [-0.2, -0.15) is 4.98 Å². The average molecular weight is 400 g/mol. The van der Waals surface area contributed by atoms with Crippen molar-refractivity contribution >= 4 is 45.1 Å². The number of benzene rings is 1. The minimum Gasteiger partial charge on any atom is -0.277 e. The molecule has 0 aliphatic carbocycles. The third-order valence-corrected chi connectivity index (χ3v) is 7.04. The Labute approximate surface area is 163 Å². The highest BCUT2D eigenvalue weighted by Gasteiger charge is 2.29. The van der Waals surface area contributed by atoms with E-state index >= 15 is 0 Å². The van der Waals surface area contributed by atoms with Crippen molar-refractivity contribution in [2.45, 2.75) is 25.6 Å². The third-order valence-electron chi connectivity index (χ3n) is 4.72. The van der Waals surface area contributed by atoms with E-state index in [0.29, 0.717) is 10.8 Å². The topological polar surface area (TPSA) is 49.7 Å². The second-order valence-corrected chi connectivity index (χ2v) is 8.77. The van der Waals surface area contributed by atoms with Crippen LogP contribution in [0.15, 0.2) is 41.8 Å². The van der Waals surface area contributed by atoms with Gasteiger partial charge in [-0.3, -0.25) is 10.00 Å². The number of thiazole rings is 1. The summed E-state index contributed by atoms with van der Waals surface area (Å²) in [6.45, 7) is 1.77. The van der Waals surface area contributed by atoms with Crippen LogP contribution in [-0.4, -0.2) is 31.2 Å². The standard InChI is InChI=1S/C18H17N5S3/c24-18-20-16(15-8-4-10-25-15)21-23(18)11-22-9-3-6-13(22)17-19-12-5-1-2-7-14(12)26-17/h1-2,4-5,7-8,10,13H,3,6,9,11H2,(H,20,21,24)/t13-/m1/s1. The van der Waals surface area contributed by atoms with Crippen molar-refractivity contribution in [3.8, 4) is 10.7 Å². The normalized spacial score (nSPS) is 18.1. The van der Waals surface area contributed by atoms with Gasteiger partial charge in [-0.25, -0.2) is 9.67 Å². The second kappa shape index (κ2) is 6.70. The summed E-state index contributed by atoms with van der Waals surface area (Å²) in [7, 11) is 0. The molecule has 4 heterocycles. The lowest BCUT2D eigenvalue weighted by Crippen LogP contribution is -2.26. The highest BCUT2D eigenvalue weighted by atomic mass is 32.1. The van der Waals surface area contributed by atoms with Crippen LogP contribution < -0.4 is 0 Å². The number of para-hydroxylation sites is 1. The van der Waals surface area contributed by atoms with Crippen LogP contribution in [0.25, 0.3) is 20.9 Å². The summed E-state index contributed by atoms with van der Waals surface area (Å²) in [5.74, 6) is 0.848. The number of aromatic nitrogens is 4. The molecule has 1 N–H and O–H groups in total. The Bertz CT molecular complexity index is 1060. The predicted molar refractivity (Wildman–Crippen MR) is 109 cm³/mol. The molecule has 8 heteroatoms. The highest BCUT2D eigenvalue weighted by Crippen LogP contribution is 2.36. The molecule has 1 atom stereocenters. The van der Waals surface area contributed by atoms with Crippen LogP contribution in [0.2, 0.25) is 0 Å². The molecule has 132 valence electrons. The maximum Gasteiger partial charge on any atom is 0.217 e. The SMILES string of the molecule is S=c1nc(-c2cccs2)[nH]n1CN1CCC[C@@H]1c1nc2ccccc2s1. The molecule has 26 heavy (non-hydrogen) atoms. The first-order chi connectivity index (χ1) is 12.8. The van der Waals surface area contributed by atoms with E-state index < -0.39 is 0 Å². The molecular weight excluding hydrogens is 382 g/mol. The molecule has 4 aromatic rings. The van der Waals surface area contributed by atoms with Crippen molar-refractivity contribution in [1.29, 1.82) is 0 Å². The van der Waals surface area contributed by atoms with Crippen LogP contribution in [0, 0.1) is 4.77 Å². The smallest absolute Gasteiger partial charge is 0.217 e. The Morgan fingerprint density at radius 2 is 2.12 bits per heavy atom. The van der Waals surface area contributed by atoms with Gasteiger partial charge < -0.3 is 0 Å². The van der Waals surface area contributed by atoms with E-state index in [4.69, 9.17) is 17.2 Å². The molecule has 0 bridgehead atoms. The summed E-state index contributed by atoms with van der Waals surface area (Å²) in [5.41, 5.74) is 1.09. The molecule has 5 rings (SSSR count). The number of hydrogen-bond donors (Lipinski definition) is 1. The van der Waals surface area contributed by atoms with Crippen LogP contribution in [0.4, 0.5) is 0 Å². The van der Waals surface area contributed by atoms with Crippen LogP contribution in [-0.2, 0) is 6.67 Å². The minimum absolute atomic E-state index is 0.350. The molecule has 0 amide bonds. The van der Waals surface area contributed by atoms with Crippen molar-refractivity contribution in [3.05, 3.63) is 51.6 Å². The zero-order chi connectivity index (χ0) is 17.5. The molecule has 0 spiro atoms. The fourth-order valence-corrected chi connectivity index (χ4v) is 5.46. The maximum absolute atomic E-state index is 5.47. The van der Waals surface area contributed by atoms with Gasteiger partial charge in [0.2, 0.25) is 4.77 Å². The number of nitrogens with one attached hydrogen (secondary N) is 1. The number of hydrogen-bond acceptors (Lipinski definition) is 6. The number of fused-ring (bicyclic) bond motifs is 1. The average Bonchev–Trinajstić information content (AvgIpc) is 3.42. The summed E-state index contributed by atoms with van der Waals surface area (Å²) < 4.78 is 3.83. The molecule has 1 aliphatic heterocycles. The molecule has 0 unspecified atom stereocenters. The Hall–Kier alpha value is -1.87. The lowest BCUT2D eigenvalue weighted by Gasteiger charge is -2.22. The van der Waals surface area contributed by atoms with E-state index in [1.165, 1.54) is 16.1 Å². The number of likely N-dealkylation sites (tertiary alicyclic amines) is 1. The van der Waals surface area contributed by atoms with Gasteiger partial charge in [-0.1, -0.05) is 18.2 Å². The van der Waals surface area contributed by atoms with Gasteiger partial charge in [0.05, 0.1) is 27.8 Å². The zero-order valence-electron chi connectivity index (χ0n) is 14.0. The Kier molecular flexibility index (Phi) is 4.20. The van der Waals surface area contributed by atoms with Crippen LogP contribution >= 0.6 is 34.9 Å². The summed E-state index contributed by atoms with van der Waals surface area (Å²) >= 11 is 8.94. The minimum atomic E-state index is 0.350. The Morgan fingerprint density at radius 1 is 1.19 bits per heavy atom. The summed E-state index contributed by atoms with van der Waals surface area (Å²) in [4.78, 5) is 13.0. The summed E-state index contributed by atoms with van der Waals surface area (Å²) in [5, 5.41) is 6.61. The number of H-pyrrole nitrogens is 1. The van der Waals surface area contributed by atoms with E-state index in [0.717, 1.165) is 35.9 Å².